The minimum atomic E-state index is 0.0316. The highest BCUT2D eigenvalue weighted by Crippen LogP contribution is 2.49. The van der Waals surface area contributed by atoms with Crippen LogP contribution in [0.25, 0.3) is 0 Å². The number of carbonyl (C=O) groups is 1. The third kappa shape index (κ3) is 2.89. The second-order valence-corrected chi connectivity index (χ2v) is 7.08. The molecule has 3 heterocycles. The van der Waals surface area contributed by atoms with Crippen LogP contribution >= 0.6 is 0 Å². The van der Waals surface area contributed by atoms with Gasteiger partial charge in [0.1, 0.15) is 0 Å². The summed E-state index contributed by atoms with van der Waals surface area (Å²) in [6.07, 6.45) is 2.50. The molecule has 0 unspecified atom stereocenters. The van der Waals surface area contributed by atoms with E-state index in [0.717, 1.165) is 32.6 Å². The molecule has 22 heavy (non-hydrogen) atoms. The Balaban J connectivity index is 1.84. The summed E-state index contributed by atoms with van der Waals surface area (Å²) in [6.45, 7) is 8.96. The van der Waals surface area contributed by atoms with Crippen molar-refractivity contribution in [1.29, 1.82) is 0 Å². The second kappa shape index (κ2) is 5.99. The molecule has 0 radical (unpaired) electrons. The monoisotopic (exact) mass is 307 g/mol. The first-order valence-electron chi connectivity index (χ1n) is 8.16. The van der Waals surface area contributed by atoms with Crippen LogP contribution < -0.4 is 0 Å². The Kier molecular flexibility index (Phi) is 4.21. The van der Waals surface area contributed by atoms with Crippen LogP contribution in [0.1, 0.15) is 50.7 Å². The molecule has 1 aromatic heterocycles. The van der Waals surface area contributed by atoms with Crippen LogP contribution in [0.5, 0.6) is 0 Å². The normalized spacial score (nSPS) is 24.4. The van der Waals surface area contributed by atoms with Gasteiger partial charge in [0.05, 0.1) is 5.92 Å². The molecule has 1 aromatic rings. The van der Waals surface area contributed by atoms with Gasteiger partial charge in [-0.25, -0.2) is 0 Å². The maximum atomic E-state index is 12.5. The van der Waals surface area contributed by atoms with Crippen LogP contribution in [-0.4, -0.2) is 47.3 Å². The molecule has 1 atom stereocenters. The van der Waals surface area contributed by atoms with Crippen LogP contribution in [0.4, 0.5) is 0 Å². The number of nitrogens with zero attached hydrogens (tertiary/aromatic N) is 3. The van der Waals surface area contributed by atoms with Crippen LogP contribution in [0.3, 0.4) is 0 Å². The zero-order chi connectivity index (χ0) is 15.7. The number of carbonyl (C=O) groups excluding carboxylic acids is 1. The van der Waals surface area contributed by atoms with Crippen molar-refractivity contribution in [1.82, 2.24) is 15.0 Å². The van der Waals surface area contributed by atoms with E-state index in [1.165, 1.54) is 0 Å². The molecule has 2 aliphatic rings. The topological polar surface area (TPSA) is 68.5 Å². The van der Waals surface area contributed by atoms with E-state index < -0.39 is 0 Å². The van der Waals surface area contributed by atoms with Crippen molar-refractivity contribution in [2.75, 3.05) is 26.3 Å². The summed E-state index contributed by atoms with van der Waals surface area (Å²) in [5.41, 5.74) is 0.0316. The maximum Gasteiger partial charge on any atom is 0.232 e. The Morgan fingerprint density at radius 2 is 2.14 bits per heavy atom. The lowest BCUT2D eigenvalue weighted by Crippen LogP contribution is -2.37. The predicted octanol–water partition coefficient (Wildman–Crippen LogP) is 2.15. The molecule has 2 saturated heterocycles. The van der Waals surface area contributed by atoms with Crippen molar-refractivity contribution < 1.29 is 14.1 Å². The zero-order valence-electron chi connectivity index (χ0n) is 13.7. The average Bonchev–Trinajstić information content (AvgIpc) is 3.03. The molecule has 0 N–H and O–H groups in total. The summed E-state index contributed by atoms with van der Waals surface area (Å²) in [6, 6.07) is 0. The second-order valence-electron chi connectivity index (χ2n) is 7.08. The fraction of sp³-hybridized carbons (Fsp3) is 0.812. The van der Waals surface area contributed by atoms with Crippen LogP contribution in [0.15, 0.2) is 4.52 Å². The number of aromatic nitrogens is 2. The number of hydrogen-bond donors (Lipinski definition) is 0. The molecule has 1 amide bonds. The van der Waals surface area contributed by atoms with E-state index in [1.807, 2.05) is 11.8 Å². The Morgan fingerprint density at radius 1 is 1.41 bits per heavy atom. The summed E-state index contributed by atoms with van der Waals surface area (Å²) >= 11 is 0. The van der Waals surface area contributed by atoms with Crippen LogP contribution in [-0.2, 0) is 9.53 Å². The van der Waals surface area contributed by atoms with Gasteiger partial charge in [-0.2, -0.15) is 4.98 Å². The summed E-state index contributed by atoms with van der Waals surface area (Å²) in [5.74, 6) is 2.08. The Bertz CT molecular complexity index is 534. The van der Waals surface area contributed by atoms with Gasteiger partial charge < -0.3 is 14.2 Å². The fourth-order valence-electron chi connectivity index (χ4n) is 3.72. The molecule has 122 valence electrons. The summed E-state index contributed by atoms with van der Waals surface area (Å²) < 4.78 is 11.0. The fourth-order valence-corrected chi connectivity index (χ4v) is 3.72. The number of hydrogen-bond acceptors (Lipinski definition) is 5. The molecule has 0 bridgehead atoms. The molecule has 3 rings (SSSR count). The molecular weight excluding hydrogens is 282 g/mol. The van der Waals surface area contributed by atoms with Gasteiger partial charge in [0.15, 0.2) is 5.82 Å². The van der Waals surface area contributed by atoms with Crippen molar-refractivity contribution in [3.8, 4) is 0 Å². The van der Waals surface area contributed by atoms with Crippen molar-refractivity contribution in [2.24, 2.45) is 11.3 Å². The molecule has 0 aromatic carbocycles. The first-order valence-corrected chi connectivity index (χ1v) is 8.16. The van der Waals surface area contributed by atoms with Crippen molar-refractivity contribution in [3.63, 3.8) is 0 Å². The van der Waals surface area contributed by atoms with E-state index in [9.17, 15) is 4.79 Å². The molecule has 1 spiro atoms. The van der Waals surface area contributed by atoms with Gasteiger partial charge in [0.2, 0.25) is 11.8 Å². The van der Waals surface area contributed by atoms with E-state index >= 15 is 0 Å². The first-order chi connectivity index (χ1) is 10.5. The Hall–Kier alpha value is -1.43. The number of rotatable bonds is 3. The molecule has 6 nitrogen and oxygen atoms in total. The van der Waals surface area contributed by atoms with E-state index in [1.54, 1.807) is 0 Å². The van der Waals surface area contributed by atoms with Gasteiger partial charge in [-0.05, 0) is 25.7 Å². The van der Waals surface area contributed by atoms with E-state index in [-0.39, 0.29) is 17.2 Å². The largest absolute Gasteiger partial charge is 0.381 e. The smallest absolute Gasteiger partial charge is 0.232 e. The summed E-state index contributed by atoms with van der Waals surface area (Å²) in [4.78, 5) is 18.9. The highest BCUT2D eigenvalue weighted by molar-refractivity contribution is 5.77. The average molecular weight is 307 g/mol. The van der Waals surface area contributed by atoms with Crippen molar-refractivity contribution in [3.05, 3.63) is 11.7 Å². The Morgan fingerprint density at radius 3 is 2.73 bits per heavy atom. The van der Waals surface area contributed by atoms with Crippen LogP contribution in [0.2, 0.25) is 0 Å². The third-order valence-corrected chi connectivity index (χ3v) is 4.91. The third-order valence-electron chi connectivity index (χ3n) is 4.91. The highest BCUT2D eigenvalue weighted by Gasteiger charge is 2.51. The summed E-state index contributed by atoms with van der Waals surface area (Å²) in [7, 11) is 0. The molecular formula is C16H25N3O3. The SMILES string of the molecule is Cc1noc([C@H]2CN(C(=O)CC(C)C)CC23CCOCC3)n1. The molecule has 0 saturated carbocycles. The number of ether oxygens (including phenoxy) is 1. The number of amides is 1. The number of aryl methyl sites for hydroxylation is 1. The zero-order valence-corrected chi connectivity index (χ0v) is 13.7. The maximum absolute atomic E-state index is 12.5. The molecule has 0 aliphatic carbocycles. The van der Waals surface area contributed by atoms with Gasteiger partial charge in [-0.3, -0.25) is 4.79 Å². The number of likely N-dealkylation sites (tertiary alicyclic amines) is 1. The molecule has 6 heteroatoms. The molecule has 2 aliphatic heterocycles. The minimum Gasteiger partial charge on any atom is -0.381 e. The van der Waals surface area contributed by atoms with E-state index in [2.05, 4.69) is 24.0 Å². The van der Waals surface area contributed by atoms with E-state index in [0.29, 0.717) is 30.6 Å². The Labute approximate surface area is 131 Å². The lowest BCUT2D eigenvalue weighted by molar-refractivity contribution is -0.131. The lowest BCUT2D eigenvalue weighted by Gasteiger charge is -2.36. The quantitative estimate of drug-likeness (QED) is 0.856. The van der Waals surface area contributed by atoms with Gasteiger partial charge in [0.25, 0.3) is 0 Å². The lowest BCUT2D eigenvalue weighted by atomic mass is 9.72. The van der Waals surface area contributed by atoms with Gasteiger partial charge in [-0.15, -0.1) is 0 Å². The standard InChI is InChI=1S/C16H25N3O3/c1-11(2)8-14(20)19-9-13(15-17-12(3)18-22-15)16(10-19)4-6-21-7-5-16/h11,13H,4-10H2,1-3H3/t13-/m1/s1. The summed E-state index contributed by atoms with van der Waals surface area (Å²) in [5, 5.41) is 3.94. The highest BCUT2D eigenvalue weighted by atomic mass is 16.5. The van der Waals surface area contributed by atoms with Crippen molar-refractivity contribution >= 4 is 5.91 Å². The minimum absolute atomic E-state index is 0.0316. The predicted molar refractivity (Wildman–Crippen MR) is 80.3 cm³/mol. The van der Waals surface area contributed by atoms with Crippen LogP contribution in [0, 0.1) is 18.3 Å². The van der Waals surface area contributed by atoms with Crippen molar-refractivity contribution in [2.45, 2.75) is 46.0 Å². The van der Waals surface area contributed by atoms with Gasteiger partial charge in [-0.1, -0.05) is 19.0 Å². The first kappa shape index (κ1) is 15.5. The van der Waals surface area contributed by atoms with Gasteiger partial charge >= 0.3 is 0 Å². The van der Waals surface area contributed by atoms with E-state index in [4.69, 9.17) is 9.26 Å². The van der Waals surface area contributed by atoms with Gasteiger partial charge in [0, 0.05) is 38.1 Å². The molecule has 2 fully saturated rings.